The molecule has 0 bridgehead atoms. The van der Waals surface area contributed by atoms with Crippen LogP contribution in [-0.4, -0.2) is 22.7 Å². The molecule has 2 N–H and O–H groups in total. The van der Waals surface area contributed by atoms with Gasteiger partial charge in [-0.3, -0.25) is 0 Å². The Balaban J connectivity index is 2.30. The van der Waals surface area contributed by atoms with Gasteiger partial charge in [-0.1, -0.05) is 6.07 Å². The van der Waals surface area contributed by atoms with Crippen LogP contribution in [0.4, 0.5) is 0 Å². The summed E-state index contributed by atoms with van der Waals surface area (Å²) in [5, 5.41) is 21.1. The summed E-state index contributed by atoms with van der Waals surface area (Å²) < 4.78 is 0. The smallest absolute Gasteiger partial charge is 0.144 e. The van der Waals surface area contributed by atoms with Gasteiger partial charge >= 0.3 is 0 Å². The fraction of sp³-hybridized carbons (Fsp3) is 0.500. The van der Waals surface area contributed by atoms with E-state index >= 15 is 0 Å². The Morgan fingerprint density at radius 3 is 3.12 bits per heavy atom. The molecule has 0 aliphatic rings. The zero-order valence-electron chi connectivity index (χ0n) is 9.48. The Kier molecular flexibility index (Phi) is 5.48. The molecule has 0 radical (unpaired) electrons. The zero-order valence-corrected chi connectivity index (χ0v) is 9.48. The van der Waals surface area contributed by atoms with Gasteiger partial charge in [0.25, 0.3) is 0 Å². The average Bonchev–Trinajstić information content (AvgIpc) is 2.29. The molecule has 0 aliphatic carbocycles. The highest BCUT2D eigenvalue weighted by atomic mass is 16.3. The largest absolute Gasteiger partial charge is 0.393 e. The highest BCUT2D eigenvalue weighted by Crippen LogP contribution is 2.03. The Labute approximate surface area is 95.9 Å². The summed E-state index contributed by atoms with van der Waals surface area (Å²) in [4.78, 5) is 3.98. The Morgan fingerprint density at radius 1 is 1.62 bits per heavy atom. The normalized spacial score (nSPS) is 12.1. The van der Waals surface area contributed by atoms with E-state index in [-0.39, 0.29) is 6.10 Å². The van der Waals surface area contributed by atoms with Gasteiger partial charge < -0.3 is 10.4 Å². The van der Waals surface area contributed by atoms with Crippen LogP contribution in [0.25, 0.3) is 0 Å². The molecule has 86 valence electrons. The molecule has 0 aliphatic heterocycles. The molecular weight excluding hydrogens is 202 g/mol. The minimum absolute atomic E-state index is 0.241. The van der Waals surface area contributed by atoms with Crippen LogP contribution in [0.2, 0.25) is 0 Å². The summed E-state index contributed by atoms with van der Waals surface area (Å²) in [5.74, 6) is 0. The van der Waals surface area contributed by atoms with E-state index in [1.54, 1.807) is 13.1 Å². The maximum Gasteiger partial charge on any atom is 0.144 e. The third-order valence-corrected chi connectivity index (χ3v) is 2.29. The van der Waals surface area contributed by atoms with E-state index in [0.717, 1.165) is 24.9 Å². The van der Waals surface area contributed by atoms with E-state index < -0.39 is 0 Å². The summed E-state index contributed by atoms with van der Waals surface area (Å²) in [6.07, 6.45) is 3.11. The van der Waals surface area contributed by atoms with E-state index in [9.17, 15) is 0 Å². The van der Waals surface area contributed by atoms with Gasteiger partial charge in [-0.25, -0.2) is 4.98 Å². The number of aromatic nitrogens is 1. The predicted octanol–water partition coefficient (Wildman–Crippen LogP) is 1.20. The Morgan fingerprint density at radius 2 is 2.44 bits per heavy atom. The lowest BCUT2D eigenvalue weighted by Gasteiger charge is -2.06. The molecule has 4 heteroatoms. The molecule has 1 rings (SSSR count). The van der Waals surface area contributed by atoms with Crippen molar-refractivity contribution >= 4 is 0 Å². The van der Waals surface area contributed by atoms with Gasteiger partial charge in [0.2, 0.25) is 0 Å². The summed E-state index contributed by atoms with van der Waals surface area (Å²) in [5.41, 5.74) is 1.40. The molecule has 0 spiro atoms. The highest BCUT2D eigenvalue weighted by molar-refractivity contribution is 5.30. The molecule has 1 heterocycles. The number of aliphatic hydroxyl groups is 1. The number of nitrogens with one attached hydrogen (secondary N) is 1. The van der Waals surface area contributed by atoms with E-state index in [1.165, 1.54) is 0 Å². The number of aliphatic hydroxyl groups excluding tert-OH is 1. The zero-order chi connectivity index (χ0) is 11.8. The quantitative estimate of drug-likeness (QED) is 0.705. The van der Waals surface area contributed by atoms with Gasteiger partial charge in [-0.05, 0) is 32.4 Å². The highest BCUT2D eigenvalue weighted by Gasteiger charge is 2.01. The van der Waals surface area contributed by atoms with Crippen molar-refractivity contribution in [1.82, 2.24) is 10.3 Å². The first-order valence-electron chi connectivity index (χ1n) is 5.47. The molecule has 1 unspecified atom stereocenters. The van der Waals surface area contributed by atoms with Gasteiger partial charge in [0.15, 0.2) is 0 Å². The first-order valence-corrected chi connectivity index (χ1v) is 5.47. The maximum atomic E-state index is 9.07. The van der Waals surface area contributed by atoms with Crippen LogP contribution in [0.3, 0.4) is 0 Å². The van der Waals surface area contributed by atoms with E-state index in [1.807, 2.05) is 12.1 Å². The monoisotopic (exact) mass is 219 g/mol. The fourth-order valence-corrected chi connectivity index (χ4v) is 1.43. The van der Waals surface area contributed by atoms with Crippen molar-refractivity contribution in [3.63, 3.8) is 0 Å². The molecule has 0 amide bonds. The molecule has 0 fully saturated rings. The van der Waals surface area contributed by atoms with Gasteiger partial charge in [-0.2, -0.15) is 5.26 Å². The van der Waals surface area contributed by atoms with Gasteiger partial charge in [0.05, 0.1) is 6.10 Å². The lowest BCUT2D eigenvalue weighted by atomic mass is 10.2. The third kappa shape index (κ3) is 4.39. The van der Waals surface area contributed by atoms with Crippen LogP contribution in [0.15, 0.2) is 18.3 Å². The fourth-order valence-electron chi connectivity index (χ4n) is 1.43. The van der Waals surface area contributed by atoms with E-state index in [0.29, 0.717) is 12.2 Å². The van der Waals surface area contributed by atoms with Gasteiger partial charge in [-0.15, -0.1) is 0 Å². The van der Waals surface area contributed by atoms with E-state index in [4.69, 9.17) is 10.4 Å². The van der Waals surface area contributed by atoms with Crippen LogP contribution in [0.1, 0.15) is 31.0 Å². The third-order valence-electron chi connectivity index (χ3n) is 2.29. The number of nitriles is 1. The predicted molar refractivity (Wildman–Crippen MR) is 61.6 cm³/mol. The van der Waals surface area contributed by atoms with Crippen molar-refractivity contribution in [1.29, 1.82) is 5.26 Å². The molecule has 0 saturated heterocycles. The topological polar surface area (TPSA) is 68.9 Å². The van der Waals surface area contributed by atoms with Crippen molar-refractivity contribution in [2.75, 3.05) is 6.54 Å². The van der Waals surface area contributed by atoms with Crippen LogP contribution in [-0.2, 0) is 6.54 Å². The second-order valence-corrected chi connectivity index (χ2v) is 3.79. The Bertz CT molecular complexity index is 358. The summed E-state index contributed by atoms with van der Waals surface area (Å²) in [6, 6.07) is 5.79. The summed E-state index contributed by atoms with van der Waals surface area (Å²) in [6.45, 7) is 3.27. The summed E-state index contributed by atoms with van der Waals surface area (Å²) in [7, 11) is 0. The lowest BCUT2D eigenvalue weighted by molar-refractivity contribution is 0.181. The van der Waals surface area contributed by atoms with Crippen molar-refractivity contribution in [3.05, 3.63) is 29.6 Å². The first kappa shape index (κ1) is 12.6. The van der Waals surface area contributed by atoms with E-state index in [2.05, 4.69) is 16.4 Å². The molecule has 4 nitrogen and oxygen atoms in total. The number of pyridine rings is 1. The number of hydrogen-bond donors (Lipinski definition) is 2. The molecule has 0 saturated carbocycles. The van der Waals surface area contributed by atoms with Gasteiger partial charge in [0, 0.05) is 18.3 Å². The lowest BCUT2D eigenvalue weighted by Crippen LogP contribution is -2.17. The number of nitrogens with zero attached hydrogens (tertiary/aromatic N) is 2. The molecule has 1 aromatic rings. The molecular formula is C12H17N3O. The van der Waals surface area contributed by atoms with Crippen LogP contribution in [0.5, 0.6) is 0 Å². The van der Waals surface area contributed by atoms with Crippen molar-refractivity contribution in [2.24, 2.45) is 0 Å². The standard InChI is InChI=1S/C12H17N3O/c1-10(16)4-2-6-14-9-11-5-3-7-15-12(11)8-13/h3,5,7,10,14,16H,2,4,6,9H2,1H3. The van der Waals surface area contributed by atoms with Crippen LogP contribution in [0, 0.1) is 11.3 Å². The minimum atomic E-state index is -0.241. The maximum absolute atomic E-state index is 9.07. The molecule has 1 aromatic heterocycles. The second-order valence-electron chi connectivity index (χ2n) is 3.79. The van der Waals surface area contributed by atoms with Crippen LogP contribution < -0.4 is 5.32 Å². The molecule has 0 aromatic carbocycles. The minimum Gasteiger partial charge on any atom is -0.393 e. The number of rotatable bonds is 6. The first-order chi connectivity index (χ1) is 7.74. The molecule has 16 heavy (non-hydrogen) atoms. The second kappa shape index (κ2) is 6.94. The SMILES string of the molecule is CC(O)CCCNCc1cccnc1C#N. The van der Waals surface area contributed by atoms with Crippen molar-refractivity contribution in [3.8, 4) is 6.07 Å². The van der Waals surface area contributed by atoms with Gasteiger partial charge in [0.1, 0.15) is 11.8 Å². The van der Waals surface area contributed by atoms with Crippen LogP contribution >= 0.6 is 0 Å². The molecule has 1 atom stereocenters. The van der Waals surface area contributed by atoms with Crippen molar-refractivity contribution < 1.29 is 5.11 Å². The Hall–Kier alpha value is -1.44. The average molecular weight is 219 g/mol. The van der Waals surface area contributed by atoms with Crippen molar-refractivity contribution in [2.45, 2.75) is 32.4 Å². The number of hydrogen-bond acceptors (Lipinski definition) is 4. The summed E-state index contributed by atoms with van der Waals surface area (Å²) >= 11 is 0.